The number of benzene rings is 1. The van der Waals surface area contributed by atoms with E-state index in [0.717, 1.165) is 10.9 Å². The zero-order valence-electron chi connectivity index (χ0n) is 10.8. The first kappa shape index (κ1) is 15.0. The fourth-order valence-electron chi connectivity index (χ4n) is 1.38. The quantitative estimate of drug-likeness (QED) is 0.863. The highest BCUT2D eigenvalue weighted by Gasteiger charge is 2.27. The topological polar surface area (TPSA) is 35.1 Å². The maximum atomic E-state index is 11.9. The minimum atomic E-state index is -1.00. The Bertz CT molecular complexity index is 347. The van der Waals surface area contributed by atoms with Crippen molar-refractivity contribution in [1.82, 2.24) is 4.72 Å². The Balaban J connectivity index is 2.50. The SMILES string of the molecule is CC(Cc1ccc(Br)cc1)N[S+]([O-])C(C)(C)C. The Morgan fingerprint density at radius 3 is 2.29 bits per heavy atom. The smallest absolute Gasteiger partial charge is 0.136 e. The summed E-state index contributed by atoms with van der Waals surface area (Å²) >= 11 is 2.41. The van der Waals surface area contributed by atoms with Crippen molar-refractivity contribution in [2.45, 2.75) is 44.9 Å². The van der Waals surface area contributed by atoms with Gasteiger partial charge in [0.25, 0.3) is 0 Å². The van der Waals surface area contributed by atoms with Gasteiger partial charge in [-0.1, -0.05) is 28.1 Å². The van der Waals surface area contributed by atoms with Gasteiger partial charge in [-0.15, -0.1) is 4.72 Å². The van der Waals surface area contributed by atoms with E-state index in [1.165, 1.54) is 5.56 Å². The highest BCUT2D eigenvalue weighted by atomic mass is 79.9. The molecule has 0 saturated heterocycles. The number of rotatable bonds is 4. The molecule has 1 rings (SSSR count). The normalized spacial score (nSPS) is 15.6. The first-order valence-electron chi connectivity index (χ1n) is 5.71. The van der Waals surface area contributed by atoms with E-state index in [9.17, 15) is 4.55 Å². The van der Waals surface area contributed by atoms with Crippen molar-refractivity contribution >= 4 is 27.3 Å². The number of halogens is 1. The average Bonchev–Trinajstić information content (AvgIpc) is 2.20. The Hall–Kier alpha value is -0.0300. The van der Waals surface area contributed by atoms with Gasteiger partial charge in [0.05, 0.1) is 6.04 Å². The molecule has 0 aromatic heterocycles. The fraction of sp³-hybridized carbons (Fsp3) is 0.538. The maximum absolute atomic E-state index is 11.9. The molecule has 0 radical (unpaired) electrons. The zero-order valence-corrected chi connectivity index (χ0v) is 13.2. The third-order valence-corrected chi connectivity index (χ3v) is 4.58. The second-order valence-corrected chi connectivity index (χ2v) is 8.14. The van der Waals surface area contributed by atoms with Gasteiger partial charge in [0, 0.05) is 15.8 Å². The molecule has 0 aliphatic heterocycles. The van der Waals surface area contributed by atoms with Crippen LogP contribution in [-0.2, 0) is 17.8 Å². The standard InChI is InChI=1S/C13H20BrNOS/c1-10(15-17(16)13(2,3)4)9-11-5-7-12(14)8-6-11/h5-8,10,15H,9H2,1-4H3. The molecule has 0 amide bonds. The van der Waals surface area contributed by atoms with Crippen LogP contribution in [0.3, 0.4) is 0 Å². The van der Waals surface area contributed by atoms with Crippen LogP contribution < -0.4 is 4.72 Å². The lowest BCUT2D eigenvalue weighted by Gasteiger charge is -2.26. The lowest BCUT2D eigenvalue weighted by molar-refractivity contribution is 0.526. The van der Waals surface area contributed by atoms with Crippen LogP contribution in [0.1, 0.15) is 33.3 Å². The largest absolute Gasteiger partial charge is 0.598 e. The van der Waals surface area contributed by atoms with Crippen molar-refractivity contribution < 1.29 is 4.55 Å². The van der Waals surface area contributed by atoms with E-state index in [1.54, 1.807) is 0 Å². The van der Waals surface area contributed by atoms with Gasteiger partial charge in [0.15, 0.2) is 0 Å². The first-order valence-corrected chi connectivity index (χ1v) is 7.66. The fourth-order valence-corrected chi connectivity index (χ4v) is 2.44. The Morgan fingerprint density at radius 1 is 1.29 bits per heavy atom. The van der Waals surface area contributed by atoms with Gasteiger partial charge in [-0.05, 0) is 51.8 Å². The monoisotopic (exact) mass is 317 g/mol. The molecule has 0 fully saturated rings. The summed E-state index contributed by atoms with van der Waals surface area (Å²) in [6.07, 6.45) is 0.884. The highest BCUT2D eigenvalue weighted by molar-refractivity contribution is 9.10. The van der Waals surface area contributed by atoms with Crippen molar-refractivity contribution in [3.05, 3.63) is 34.3 Å². The van der Waals surface area contributed by atoms with E-state index in [2.05, 4.69) is 39.7 Å². The maximum Gasteiger partial charge on any atom is 0.136 e. The van der Waals surface area contributed by atoms with E-state index in [4.69, 9.17) is 0 Å². The van der Waals surface area contributed by atoms with Crippen molar-refractivity contribution in [2.75, 3.05) is 0 Å². The molecule has 1 aromatic rings. The van der Waals surface area contributed by atoms with Crippen LogP contribution in [0, 0.1) is 0 Å². The third-order valence-electron chi connectivity index (χ3n) is 2.32. The van der Waals surface area contributed by atoms with Crippen LogP contribution in [0.5, 0.6) is 0 Å². The van der Waals surface area contributed by atoms with Crippen LogP contribution >= 0.6 is 15.9 Å². The Labute approximate surface area is 116 Å². The third kappa shape index (κ3) is 5.42. The average molecular weight is 318 g/mol. The predicted molar refractivity (Wildman–Crippen MR) is 78.3 cm³/mol. The molecule has 4 heteroatoms. The molecule has 0 bridgehead atoms. The molecule has 17 heavy (non-hydrogen) atoms. The molecule has 2 unspecified atom stereocenters. The Kier molecular flexibility index (Phi) is 5.51. The number of nitrogens with one attached hydrogen (secondary N) is 1. The lowest BCUT2D eigenvalue weighted by atomic mass is 10.1. The van der Waals surface area contributed by atoms with Crippen LogP contribution in [0.15, 0.2) is 28.7 Å². The molecule has 1 N–H and O–H groups in total. The molecule has 0 saturated carbocycles. The number of hydrogen-bond acceptors (Lipinski definition) is 2. The van der Waals surface area contributed by atoms with Crippen LogP contribution in [-0.4, -0.2) is 15.3 Å². The molecule has 0 heterocycles. The minimum Gasteiger partial charge on any atom is -0.598 e. The van der Waals surface area contributed by atoms with Crippen LogP contribution in [0.25, 0.3) is 0 Å². The van der Waals surface area contributed by atoms with E-state index < -0.39 is 11.4 Å². The van der Waals surface area contributed by atoms with Crippen molar-refractivity contribution in [1.29, 1.82) is 0 Å². The van der Waals surface area contributed by atoms with Gasteiger partial charge < -0.3 is 4.55 Å². The summed E-state index contributed by atoms with van der Waals surface area (Å²) in [5.74, 6) is 0. The molecule has 0 aliphatic carbocycles. The van der Waals surface area contributed by atoms with Gasteiger partial charge in [-0.3, -0.25) is 0 Å². The summed E-state index contributed by atoms with van der Waals surface area (Å²) < 4.78 is 15.9. The van der Waals surface area contributed by atoms with Crippen molar-refractivity contribution in [2.24, 2.45) is 0 Å². The zero-order chi connectivity index (χ0) is 13.1. The second kappa shape index (κ2) is 6.23. The van der Waals surface area contributed by atoms with Crippen LogP contribution in [0.2, 0.25) is 0 Å². The predicted octanol–water partition coefficient (Wildman–Crippen LogP) is 3.43. The summed E-state index contributed by atoms with van der Waals surface area (Å²) in [6.45, 7) is 7.99. The molecular formula is C13H20BrNOS. The van der Waals surface area contributed by atoms with E-state index in [0.29, 0.717) is 0 Å². The van der Waals surface area contributed by atoms with Gasteiger partial charge >= 0.3 is 0 Å². The number of hydrogen-bond donors (Lipinski definition) is 1. The van der Waals surface area contributed by atoms with Gasteiger partial charge in [-0.2, -0.15) is 0 Å². The summed E-state index contributed by atoms with van der Waals surface area (Å²) in [7, 11) is 0. The molecule has 96 valence electrons. The summed E-state index contributed by atoms with van der Waals surface area (Å²) in [5, 5.41) is 0. The van der Waals surface area contributed by atoms with Gasteiger partial charge in [0.2, 0.25) is 0 Å². The van der Waals surface area contributed by atoms with Gasteiger partial charge in [0.1, 0.15) is 4.75 Å². The molecule has 0 aliphatic rings. The molecular weight excluding hydrogens is 298 g/mol. The summed E-state index contributed by atoms with van der Waals surface area (Å²) in [6, 6.07) is 8.44. The van der Waals surface area contributed by atoms with E-state index in [1.807, 2.05) is 32.9 Å². The van der Waals surface area contributed by atoms with E-state index in [-0.39, 0.29) is 10.8 Å². The molecule has 2 nitrogen and oxygen atoms in total. The molecule has 0 spiro atoms. The Morgan fingerprint density at radius 2 is 1.82 bits per heavy atom. The van der Waals surface area contributed by atoms with E-state index >= 15 is 0 Å². The lowest BCUT2D eigenvalue weighted by Crippen LogP contribution is -2.44. The first-order chi connectivity index (χ1) is 7.79. The molecule has 1 aromatic carbocycles. The van der Waals surface area contributed by atoms with Gasteiger partial charge in [-0.25, -0.2) is 0 Å². The second-order valence-electron chi connectivity index (χ2n) is 5.23. The summed E-state index contributed by atoms with van der Waals surface area (Å²) in [5.41, 5.74) is 1.25. The van der Waals surface area contributed by atoms with Crippen molar-refractivity contribution in [3.63, 3.8) is 0 Å². The minimum absolute atomic E-state index is 0.205. The molecule has 2 atom stereocenters. The summed E-state index contributed by atoms with van der Waals surface area (Å²) in [4.78, 5) is 0. The van der Waals surface area contributed by atoms with Crippen LogP contribution in [0.4, 0.5) is 0 Å². The highest BCUT2D eigenvalue weighted by Crippen LogP contribution is 2.16. The van der Waals surface area contributed by atoms with Crippen molar-refractivity contribution in [3.8, 4) is 0 Å².